The summed E-state index contributed by atoms with van der Waals surface area (Å²) in [6.45, 7) is 11.4. The van der Waals surface area contributed by atoms with E-state index in [0.29, 0.717) is 37.0 Å². The molecule has 0 amide bonds. The average Bonchev–Trinajstić information content (AvgIpc) is 3.12. The average molecular weight is 532 g/mol. The number of carbonyl (C=O) groups excluding carboxylic acids is 3. The Labute approximate surface area is 227 Å². The highest BCUT2D eigenvalue weighted by Gasteiger charge is 2.67. The number of hydrogen-bond donors (Lipinski definition) is 2. The fraction of sp³-hybridized carbons (Fsp3) is 0.774. The van der Waals surface area contributed by atoms with E-state index in [4.69, 9.17) is 14.9 Å². The van der Waals surface area contributed by atoms with Crippen molar-refractivity contribution in [3.63, 3.8) is 0 Å². The minimum absolute atomic E-state index is 0.0330. The Kier molecular flexibility index (Phi) is 9.65. The number of hydrogen-bond acceptors (Lipinski definition) is 6. The number of aliphatic carboxylic acids is 1. The summed E-state index contributed by atoms with van der Waals surface area (Å²) in [5, 5.41) is 16.1. The van der Waals surface area contributed by atoms with E-state index >= 15 is 0 Å². The quantitative estimate of drug-likeness (QED) is 0.308. The highest BCUT2D eigenvalue weighted by Crippen LogP contribution is 2.68. The topological polar surface area (TPSA) is 118 Å². The third kappa shape index (κ3) is 5.78. The van der Waals surface area contributed by atoms with Crippen LogP contribution in [0, 0.1) is 35.5 Å². The summed E-state index contributed by atoms with van der Waals surface area (Å²) in [7, 11) is 0. The third-order valence-electron chi connectivity index (χ3n) is 10.3. The second-order valence-electron chi connectivity index (χ2n) is 12.5. The monoisotopic (exact) mass is 531 g/mol. The highest BCUT2D eigenvalue weighted by molar-refractivity contribution is 5.92. The summed E-state index contributed by atoms with van der Waals surface area (Å²) >= 11 is 0. The second kappa shape index (κ2) is 12.0. The van der Waals surface area contributed by atoms with E-state index in [1.165, 1.54) is 5.57 Å². The largest absolute Gasteiger partial charge is 0.481 e. The van der Waals surface area contributed by atoms with Crippen molar-refractivity contribution in [2.45, 2.75) is 123 Å². The zero-order chi connectivity index (χ0) is 28.3. The first-order chi connectivity index (χ1) is 17.8. The molecule has 7 heteroatoms. The number of carboxylic acids is 1. The van der Waals surface area contributed by atoms with Gasteiger partial charge in [-0.05, 0) is 94.5 Å². The number of aliphatic hydroxyl groups excluding tert-OH is 1. The maximum Gasteiger partial charge on any atom is 0.306 e. The van der Waals surface area contributed by atoms with Crippen molar-refractivity contribution in [2.75, 3.05) is 0 Å². The molecule has 7 nitrogen and oxygen atoms in total. The van der Waals surface area contributed by atoms with Gasteiger partial charge in [-0.25, -0.2) is 0 Å². The van der Waals surface area contributed by atoms with E-state index in [-0.39, 0.29) is 34.8 Å². The first kappa shape index (κ1) is 30.5. The van der Waals surface area contributed by atoms with Crippen LogP contribution in [0.25, 0.3) is 0 Å². The van der Waals surface area contributed by atoms with Crippen LogP contribution in [-0.2, 0) is 23.9 Å². The third-order valence-corrected chi connectivity index (χ3v) is 10.3. The number of esters is 1. The first-order valence-corrected chi connectivity index (χ1v) is 14.5. The maximum atomic E-state index is 13.1. The van der Waals surface area contributed by atoms with Crippen LogP contribution < -0.4 is 0 Å². The Morgan fingerprint density at radius 3 is 2.34 bits per heavy atom. The minimum atomic E-state index is -1.03. The van der Waals surface area contributed by atoms with Crippen molar-refractivity contribution in [3.05, 3.63) is 18.6 Å². The van der Waals surface area contributed by atoms with E-state index in [2.05, 4.69) is 27.7 Å². The van der Waals surface area contributed by atoms with E-state index < -0.39 is 17.7 Å². The number of rotatable bonds is 8. The number of aliphatic hydroxyl groups is 1. The molecule has 0 aromatic rings. The van der Waals surface area contributed by atoms with Crippen LogP contribution in [0.2, 0.25) is 0 Å². The van der Waals surface area contributed by atoms with Gasteiger partial charge in [0.15, 0.2) is 17.2 Å². The Bertz CT molecular complexity index is 952. The second-order valence-corrected chi connectivity index (χ2v) is 12.5. The first-order valence-electron chi connectivity index (χ1n) is 14.5. The molecule has 4 aliphatic rings. The Balaban J connectivity index is 0.000000505. The van der Waals surface area contributed by atoms with E-state index in [0.717, 1.165) is 57.8 Å². The zero-order valence-electron chi connectivity index (χ0n) is 23.7. The molecule has 213 valence electrons. The summed E-state index contributed by atoms with van der Waals surface area (Å²) in [5.41, 5.74) is 0.261. The molecular weight excluding hydrogens is 484 g/mol. The molecule has 0 aliphatic heterocycles. The van der Waals surface area contributed by atoms with Crippen LogP contribution in [0.4, 0.5) is 0 Å². The molecule has 4 rings (SSSR count). The number of ether oxygens (including phenoxy) is 1. The van der Waals surface area contributed by atoms with E-state index in [9.17, 15) is 19.2 Å². The SMILES string of the molecule is CCCCCC(=O)O[C@]1(C(C)=O)CC[C@H]2[C@@H]3CCC4=CC(=O)CC[C@]4(C)[C@H]3CC[C@@]21C.[CH2]C(O)CC(=O)O. The van der Waals surface area contributed by atoms with Crippen molar-refractivity contribution in [3.8, 4) is 0 Å². The molecule has 2 N–H and O–H groups in total. The van der Waals surface area contributed by atoms with Gasteiger partial charge in [-0.1, -0.05) is 39.2 Å². The molecule has 0 spiro atoms. The number of ketones is 2. The number of allylic oxidation sites excluding steroid dienone is 1. The Morgan fingerprint density at radius 1 is 1.08 bits per heavy atom. The van der Waals surface area contributed by atoms with Crippen LogP contribution >= 0.6 is 0 Å². The summed E-state index contributed by atoms with van der Waals surface area (Å²) < 4.78 is 6.16. The van der Waals surface area contributed by atoms with Crippen molar-refractivity contribution in [1.29, 1.82) is 0 Å². The van der Waals surface area contributed by atoms with Gasteiger partial charge in [-0.2, -0.15) is 0 Å². The van der Waals surface area contributed by atoms with Gasteiger partial charge in [0.25, 0.3) is 0 Å². The van der Waals surface area contributed by atoms with E-state index in [1.54, 1.807) is 6.92 Å². The standard InChI is InChI=1S/C27H40O4.C4H7O3/c1-5-6-7-8-24(30)31-27(18(2)28)16-13-23-21-10-9-19-17-20(29)11-14-25(19,3)22(21)12-15-26(23,27)4;1-3(5)2-4(6)7/h17,21-23H,5-16H2,1-4H3;3,5H,1-2H2,(H,6,7)/t21-,22+,23+,25+,26+,27+;/m1./s1. The molecule has 3 saturated carbocycles. The summed E-state index contributed by atoms with van der Waals surface area (Å²) in [5.74, 6) is 0.635. The van der Waals surface area contributed by atoms with Crippen LogP contribution in [0.1, 0.15) is 111 Å². The van der Waals surface area contributed by atoms with Crippen molar-refractivity contribution >= 4 is 23.5 Å². The van der Waals surface area contributed by atoms with Crippen LogP contribution in [0.3, 0.4) is 0 Å². The smallest absolute Gasteiger partial charge is 0.306 e. The van der Waals surface area contributed by atoms with Gasteiger partial charge in [0.05, 0.1) is 12.5 Å². The molecule has 1 unspecified atom stereocenters. The Morgan fingerprint density at radius 2 is 1.76 bits per heavy atom. The van der Waals surface area contributed by atoms with Crippen LogP contribution in [0.5, 0.6) is 0 Å². The summed E-state index contributed by atoms with van der Waals surface area (Å²) in [6, 6.07) is 0. The fourth-order valence-corrected chi connectivity index (χ4v) is 8.34. The molecule has 0 aromatic heterocycles. The predicted octanol–water partition coefficient (Wildman–Crippen LogP) is 5.63. The van der Waals surface area contributed by atoms with E-state index in [1.807, 2.05) is 6.08 Å². The lowest BCUT2D eigenvalue weighted by Crippen LogP contribution is -2.58. The molecule has 0 heterocycles. The van der Waals surface area contributed by atoms with Crippen LogP contribution in [-0.4, -0.2) is 45.4 Å². The van der Waals surface area contributed by atoms with Gasteiger partial charge >= 0.3 is 11.9 Å². The van der Waals surface area contributed by atoms with Gasteiger partial charge in [-0.15, -0.1) is 0 Å². The van der Waals surface area contributed by atoms with Crippen molar-refractivity contribution in [2.24, 2.45) is 28.6 Å². The number of carboxylic acid groups (broad SMARTS) is 1. The number of fused-ring (bicyclic) bond motifs is 5. The molecule has 0 saturated heterocycles. The molecule has 7 atom stereocenters. The molecule has 38 heavy (non-hydrogen) atoms. The van der Waals surface area contributed by atoms with Gasteiger partial charge in [0.2, 0.25) is 0 Å². The summed E-state index contributed by atoms with van der Waals surface area (Å²) in [4.78, 5) is 47.5. The number of Topliss-reactive ketones (excluding diaryl/α,β-unsaturated/α-hetero) is 1. The van der Waals surface area contributed by atoms with Crippen molar-refractivity contribution in [1.82, 2.24) is 0 Å². The highest BCUT2D eigenvalue weighted by atomic mass is 16.6. The summed E-state index contributed by atoms with van der Waals surface area (Å²) in [6.07, 6.45) is 11.4. The van der Waals surface area contributed by atoms with Gasteiger partial charge < -0.3 is 14.9 Å². The molecule has 1 radical (unpaired) electrons. The molecule has 3 fully saturated rings. The number of unbranched alkanes of at least 4 members (excludes halogenated alkanes) is 2. The fourth-order valence-electron chi connectivity index (χ4n) is 8.34. The van der Waals surface area contributed by atoms with Crippen molar-refractivity contribution < 1.29 is 34.1 Å². The lowest BCUT2D eigenvalue weighted by atomic mass is 9.46. The normalized spacial score (nSPS) is 36.4. The predicted molar refractivity (Wildman–Crippen MR) is 144 cm³/mol. The molecular formula is C31H47O7. The lowest BCUT2D eigenvalue weighted by molar-refractivity contribution is -0.189. The van der Waals surface area contributed by atoms with Gasteiger partial charge in [-0.3, -0.25) is 19.2 Å². The number of carbonyl (C=O) groups is 4. The molecule has 4 aliphatic carbocycles. The van der Waals surface area contributed by atoms with Crippen LogP contribution in [0.15, 0.2) is 11.6 Å². The molecule has 0 bridgehead atoms. The zero-order valence-corrected chi connectivity index (χ0v) is 23.7. The minimum Gasteiger partial charge on any atom is -0.481 e. The van der Waals surface area contributed by atoms with Gasteiger partial charge in [0, 0.05) is 18.3 Å². The Hall–Kier alpha value is -2.02. The lowest BCUT2D eigenvalue weighted by Gasteiger charge is -2.59. The maximum absolute atomic E-state index is 13.1. The van der Waals surface area contributed by atoms with Gasteiger partial charge in [0.1, 0.15) is 0 Å². The molecule has 0 aromatic carbocycles.